The lowest BCUT2D eigenvalue weighted by atomic mass is 10.1. The van der Waals surface area contributed by atoms with Crippen LogP contribution < -0.4 is 5.73 Å². The molecule has 2 unspecified atom stereocenters. The fourth-order valence-electron chi connectivity index (χ4n) is 2.63. The van der Waals surface area contributed by atoms with Gasteiger partial charge in [-0.1, -0.05) is 0 Å². The van der Waals surface area contributed by atoms with Gasteiger partial charge in [-0.05, 0) is 33.2 Å². The third-order valence-corrected chi connectivity index (χ3v) is 3.66. The van der Waals surface area contributed by atoms with Crippen molar-refractivity contribution in [3.05, 3.63) is 0 Å². The van der Waals surface area contributed by atoms with Crippen molar-refractivity contribution in [3.63, 3.8) is 0 Å². The summed E-state index contributed by atoms with van der Waals surface area (Å²) >= 11 is 0. The van der Waals surface area contributed by atoms with Crippen LogP contribution in [-0.2, 0) is 4.79 Å². The van der Waals surface area contributed by atoms with Gasteiger partial charge in [0.15, 0.2) is 0 Å². The molecule has 1 amide bonds. The first kappa shape index (κ1) is 16.2. The fourth-order valence-corrected chi connectivity index (χ4v) is 2.63. The smallest absolute Gasteiger partial charge is 0.342 e. The number of carbonyl (C=O) groups excluding carboxylic acids is 1. The van der Waals surface area contributed by atoms with E-state index in [-0.39, 0.29) is 12.5 Å². The van der Waals surface area contributed by atoms with E-state index >= 15 is 0 Å². The number of hydrogen-bond donors (Lipinski definition) is 1. The molecule has 4 nitrogen and oxygen atoms in total. The maximum Gasteiger partial charge on any atom is 0.405 e. The molecule has 2 N–H and O–H groups in total. The number of likely N-dealkylation sites (tertiary alicyclic amines) is 1. The molecule has 19 heavy (non-hydrogen) atoms. The van der Waals surface area contributed by atoms with Crippen molar-refractivity contribution in [2.45, 2.75) is 44.9 Å². The van der Waals surface area contributed by atoms with Crippen molar-refractivity contribution < 1.29 is 18.0 Å². The Labute approximate surface area is 111 Å². The molecular weight excluding hydrogens is 259 g/mol. The van der Waals surface area contributed by atoms with E-state index in [1.54, 1.807) is 4.90 Å². The Balaban J connectivity index is 2.86. The van der Waals surface area contributed by atoms with Gasteiger partial charge >= 0.3 is 6.18 Å². The average molecular weight is 281 g/mol. The maximum atomic E-state index is 12.9. The molecule has 7 heteroatoms. The molecule has 0 radical (unpaired) electrons. The molecule has 1 fully saturated rings. The highest BCUT2D eigenvalue weighted by molar-refractivity contribution is 5.82. The topological polar surface area (TPSA) is 49.6 Å². The molecule has 0 aromatic carbocycles. The lowest BCUT2D eigenvalue weighted by molar-refractivity contribution is -0.185. The number of hydrogen-bond acceptors (Lipinski definition) is 3. The van der Waals surface area contributed by atoms with Crippen LogP contribution in [-0.4, -0.2) is 60.1 Å². The predicted molar refractivity (Wildman–Crippen MR) is 66.6 cm³/mol. The largest absolute Gasteiger partial charge is 0.405 e. The zero-order valence-electron chi connectivity index (χ0n) is 11.4. The number of halogens is 3. The van der Waals surface area contributed by atoms with Gasteiger partial charge in [0.2, 0.25) is 5.91 Å². The monoisotopic (exact) mass is 281 g/mol. The van der Waals surface area contributed by atoms with E-state index in [2.05, 4.69) is 0 Å². The summed E-state index contributed by atoms with van der Waals surface area (Å²) in [4.78, 5) is 15.0. The minimum atomic E-state index is -4.39. The van der Waals surface area contributed by atoms with Crippen LogP contribution in [0.2, 0.25) is 0 Å². The summed E-state index contributed by atoms with van der Waals surface area (Å²) < 4.78 is 38.8. The molecule has 112 valence electrons. The Kier molecular flexibility index (Phi) is 5.61. The van der Waals surface area contributed by atoms with Gasteiger partial charge in [-0.2, -0.15) is 13.2 Å². The van der Waals surface area contributed by atoms with Gasteiger partial charge in [-0.15, -0.1) is 0 Å². The first-order valence-electron chi connectivity index (χ1n) is 6.68. The van der Waals surface area contributed by atoms with Gasteiger partial charge in [0.25, 0.3) is 0 Å². The van der Waals surface area contributed by atoms with Crippen molar-refractivity contribution in [2.24, 2.45) is 5.73 Å². The van der Waals surface area contributed by atoms with Crippen LogP contribution in [0.15, 0.2) is 0 Å². The van der Waals surface area contributed by atoms with Gasteiger partial charge in [0, 0.05) is 19.6 Å². The SMILES string of the molecule is CCN(CC)C(=O)C1CCCN1C(CN)C(F)(F)F. The second kappa shape index (κ2) is 6.56. The summed E-state index contributed by atoms with van der Waals surface area (Å²) in [5.74, 6) is -0.217. The zero-order valence-corrected chi connectivity index (χ0v) is 11.4. The number of nitrogens with two attached hydrogens (primary N) is 1. The summed E-state index contributed by atoms with van der Waals surface area (Å²) in [7, 11) is 0. The molecule has 0 aromatic heterocycles. The Morgan fingerprint density at radius 1 is 1.42 bits per heavy atom. The Bertz CT molecular complexity index is 305. The first-order valence-corrected chi connectivity index (χ1v) is 6.68. The average Bonchev–Trinajstić information content (AvgIpc) is 2.78. The van der Waals surface area contributed by atoms with Crippen LogP contribution in [0.3, 0.4) is 0 Å². The zero-order chi connectivity index (χ0) is 14.6. The first-order chi connectivity index (χ1) is 8.86. The molecule has 2 atom stereocenters. The Morgan fingerprint density at radius 3 is 2.42 bits per heavy atom. The highest BCUT2D eigenvalue weighted by atomic mass is 19.4. The van der Waals surface area contributed by atoms with E-state index < -0.39 is 24.8 Å². The Morgan fingerprint density at radius 2 is 2.00 bits per heavy atom. The number of rotatable bonds is 5. The summed E-state index contributed by atoms with van der Waals surface area (Å²) in [5, 5.41) is 0. The summed E-state index contributed by atoms with van der Waals surface area (Å²) in [6, 6.07) is -2.41. The van der Waals surface area contributed by atoms with Crippen LogP contribution in [0.5, 0.6) is 0 Å². The molecule has 1 aliphatic heterocycles. The quantitative estimate of drug-likeness (QED) is 0.824. The maximum absolute atomic E-state index is 12.9. The van der Waals surface area contributed by atoms with Gasteiger partial charge in [-0.3, -0.25) is 9.69 Å². The van der Waals surface area contributed by atoms with E-state index in [0.29, 0.717) is 25.9 Å². The van der Waals surface area contributed by atoms with Crippen molar-refractivity contribution in [1.82, 2.24) is 9.80 Å². The van der Waals surface area contributed by atoms with E-state index in [0.717, 1.165) is 0 Å². The molecule has 0 spiro atoms. The highest BCUT2D eigenvalue weighted by Crippen LogP contribution is 2.30. The molecule has 0 saturated carbocycles. The lowest BCUT2D eigenvalue weighted by Crippen LogP contribution is -2.56. The molecule has 1 saturated heterocycles. The van der Waals surface area contributed by atoms with E-state index in [1.165, 1.54) is 4.90 Å². The van der Waals surface area contributed by atoms with Crippen LogP contribution >= 0.6 is 0 Å². The summed E-state index contributed by atoms with van der Waals surface area (Å²) in [5.41, 5.74) is 5.26. The van der Waals surface area contributed by atoms with Gasteiger partial charge in [0.05, 0.1) is 6.04 Å². The number of likely N-dealkylation sites (N-methyl/N-ethyl adjacent to an activating group) is 1. The Hall–Kier alpha value is -0.820. The number of amides is 1. The summed E-state index contributed by atoms with van der Waals surface area (Å²) in [6.07, 6.45) is -3.31. The number of nitrogens with zero attached hydrogens (tertiary/aromatic N) is 2. The minimum Gasteiger partial charge on any atom is -0.342 e. The lowest BCUT2D eigenvalue weighted by Gasteiger charge is -2.35. The van der Waals surface area contributed by atoms with Gasteiger partial charge in [0.1, 0.15) is 6.04 Å². The highest BCUT2D eigenvalue weighted by Gasteiger charge is 2.48. The molecule has 1 rings (SSSR count). The molecule has 0 aliphatic carbocycles. The molecule has 0 aromatic rings. The van der Waals surface area contributed by atoms with Gasteiger partial charge < -0.3 is 10.6 Å². The molecule has 0 bridgehead atoms. The van der Waals surface area contributed by atoms with Crippen molar-refractivity contribution in [2.75, 3.05) is 26.2 Å². The van der Waals surface area contributed by atoms with E-state index in [4.69, 9.17) is 5.73 Å². The third kappa shape index (κ3) is 3.60. The predicted octanol–water partition coefficient (Wildman–Crippen LogP) is 1.21. The third-order valence-electron chi connectivity index (χ3n) is 3.66. The molecule has 1 aliphatic rings. The second-order valence-corrected chi connectivity index (χ2v) is 4.70. The fraction of sp³-hybridized carbons (Fsp3) is 0.917. The van der Waals surface area contributed by atoms with E-state index in [9.17, 15) is 18.0 Å². The van der Waals surface area contributed by atoms with Gasteiger partial charge in [-0.25, -0.2) is 0 Å². The molecular formula is C12H22F3N3O. The second-order valence-electron chi connectivity index (χ2n) is 4.70. The number of carbonyl (C=O) groups is 1. The standard InChI is InChI=1S/C12H22F3N3O/c1-3-17(4-2)11(19)9-6-5-7-18(9)10(8-16)12(13,14)15/h9-10H,3-8,16H2,1-2H3. The van der Waals surface area contributed by atoms with Crippen LogP contribution in [0, 0.1) is 0 Å². The van der Waals surface area contributed by atoms with Crippen molar-refractivity contribution in [1.29, 1.82) is 0 Å². The van der Waals surface area contributed by atoms with Crippen LogP contribution in [0.1, 0.15) is 26.7 Å². The van der Waals surface area contributed by atoms with Crippen molar-refractivity contribution in [3.8, 4) is 0 Å². The summed E-state index contributed by atoms with van der Waals surface area (Å²) in [6.45, 7) is 4.44. The van der Waals surface area contributed by atoms with Crippen LogP contribution in [0.25, 0.3) is 0 Å². The van der Waals surface area contributed by atoms with Crippen LogP contribution in [0.4, 0.5) is 13.2 Å². The van der Waals surface area contributed by atoms with E-state index in [1.807, 2.05) is 13.8 Å². The molecule has 1 heterocycles. The van der Waals surface area contributed by atoms with Crippen molar-refractivity contribution >= 4 is 5.91 Å². The number of alkyl halides is 3. The normalized spacial score (nSPS) is 22.5. The minimum absolute atomic E-state index is 0.217.